The minimum absolute atomic E-state index is 0.547. The van der Waals surface area contributed by atoms with E-state index in [1.54, 1.807) is 5.56 Å². The SMILES string of the molecule is CN(C1CCC(C)(C)CC1)C1CNCc2ccccc21. The molecule has 2 heteroatoms. The van der Waals surface area contributed by atoms with E-state index in [0.717, 1.165) is 19.1 Å². The first-order chi connectivity index (χ1) is 9.57. The summed E-state index contributed by atoms with van der Waals surface area (Å²) < 4.78 is 0. The maximum atomic E-state index is 3.59. The first-order valence-electron chi connectivity index (χ1n) is 8.07. The molecule has 1 aliphatic carbocycles. The average Bonchev–Trinajstić information content (AvgIpc) is 2.46. The summed E-state index contributed by atoms with van der Waals surface area (Å²) in [5.74, 6) is 0. The van der Waals surface area contributed by atoms with Crippen molar-refractivity contribution in [2.24, 2.45) is 5.41 Å². The third-order valence-corrected chi connectivity index (χ3v) is 5.44. The Hall–Kier alpha value is -0.860. The molecular formula is C18H28N2. The third-order valence-electron chi connectivity index (χ3n) is 5.44. The summed E-state index contributed by atoms with van der Waals surface area (Å²) >= 11 is 0. The Morgan fingerprint density at radius 1 is 1.15 bits per heavy atom. The second-order valence-electron chi connectivity index (χ2n) is 7.41. The van der Waals surface area contributed by atoms with Crippen molar-refractivity contribution in [3.8, 4) is 0 Å². The monoisotopic (exact) mass is 272 g/mol. The quantitative estimate of drug-likeness (QED) is 0.882. The lowest BCUT2D eigenvalue weighted by atomic mass is 9.75. The highest BCUT2D eigenvalue weighted by atomic mass is 15.2. The molecule has 2 nitrogen and oxygen atoms in total. The molecular weight excluding hydrogens is 244 g/mol. The Morgan fingerprint density at radius 3 is 2.60 bits per heavy atom. The van der Waals surface area contributed by atoms with Crippen molar-refractivity contribution in [1.29, 1.82) is 0 Å². The van der Waals surface area contributed by atoms with E-state index in [2.05, 4.69) is 55.4 Å². The standard InChI is InChI=1S/C18H28N2/c1-18(2)10-8-15(9-11-18)20(3)17-13-19-12-14-6-4-5-7-16(14)17/h4-7,15,17,19H,8-13H2,1-3H3. The van der Waals surface area contributed by atoms with Crippen molar-refractivity contribution in [3.63, 3.8) is 0 Å². The van der Waals surface area contributed by atoms with Crippen LogP contribution in [0.2, 0.25) is 0 Å². The summed E-state index contributed by atoms with van der Waals surface area (Å²) in [6.45, 7) is 6.95. The summed E-state index contributed by atoms with van der Waals surface area (Å²) in [4.78, 5) is 2.64. The van der Waals surface area contributed by atoms with E-state index in [4.69, 9.17) is 0 Å². The number of hydrogen-bond donors (Lipinski definition) is 1. The zero-order chi connectivity index (χ0) is 14.2. The number of fused-ring (bicyclic) bond motifs is 1. The third kappa shape index (κ3) is 2.77. The van der Waals surface area contributed by atoms with E-state index >= 15 is 0 Å². The van der Waals surface area contributed by atoms with Gasteiger partial charge in [0.25, 0.3) is 0 Å². The van der Waals surface area contributed by atoms with Crippen LogP contribution < -0.4 is 5.32 Å². The molecule has 0 aromatic heterocycles. The van der Waals surface area contributed by atoms with E-state index in [9.17, 15) is 0 Å². The molecule has 0 radical (unpaired) electrons. The molecule has 1 unspecified atom stereocenters. The fourth-order valence-electron chi connectivity index (χ4n) is 3.88. The predicted molar refractivity (Wildman–Crippen MR) is 84.7 cm³/mol. The fraction of sp³-hybridized carbons (Fsp3) is 0.667. The van der Waals surface area contributed by atoms with Crippen LogP contribution >= 0.6 is 0 Å². The summed E-state index contributed by atoms with van der Waals surface area (Å²) in [7, 11) is 2.33. The van der Waals surface area contributed by atoms with Crippen molar-refractivity contribution in [2.45, 2.75) is 58.2 Å². The molecule has 110 valence electrons. The highest BCUT2D eigenvalue weighted by molar-refractivity contribution is 5.32. The largest absolute Gasteiger partial charge is 0.311 e. The summed E-state index contributed by atoms with van der Waals surface area (Å²) in [5.41, 5.74) is 3.57. The van der Waals surface area contributed by atoms with E-state index in [1.807, 2.05) is 0 Å². The molecule has 1 saturated carbocycles. The van der Waals surface area contributed by atoms with Crippen LogP contribution in [0.5, 0.6) is 0 Å². The van der Waals surface area contributed by atoms with Gasteiger partial charge < -0.3 is 5.32 Å². The molecule has 0 amide bonds. The highest BCUT2D eigenvalue weighted by Gasteiger charge is 2.33. The maximum absolute atomic E-state index is 3.59. The van der Waals surface area contributed by atoms with Crippen LogP contribution in [0.15, 0.2) is 24.3 Å². The molecule has 1 fully saturated rings. The van der Waals surface area contributed by atoms with Gasteiger partial charge in [0.15, 0.2) is 0 Å². The Balaban J connectivity index is 1.74. The van der Waals surface area contributed by atoms with Gasteiger partial charge in [-0.2, -0.15) is 0 Å². The second kappa shape index (κ2) is 5.50. The van der Waals surface area contributed by atoms with Gasteiger partial charge in [-0.1, -0.05) is 38.1 Å². The van der Waals surface area contributed by atoms with E-state index in [-0.39, 0.29) is 0 Å². The van der Waals surface area contributed by atoms with Gasteiger partial charge >= 0.3 is 0 Å². The predicted octanol–water partition coefficient (Wildman–Crippen LogP) is 3.73. The van der Waals surface area contributed by atoms with Crippen LogP contribution in [0.25, 0.3) is 0 Å². The number of rotatable bonds is 2. The van der Waals surface area contributed by atoms with E-state index in [0.29, 0.717) is 11.5 Å². The van der Waals surface area contributed by atoms with Crippen molar-refractivity contribution in [3.05, 3.63) is 35.4 Å². The molecule has 20 heavy (non-hydrogen) atoms. The van der Waals surface area contributed by atoms with Crippen LogP contribution in [-0.4, -0.2) is 24.5 Å². The Bertz CT molecular complexity index is 456. The summed E-state index contributed by atoms with van der Waals surface area (Å²) in [6, 6.07) is 10.2. The number of likely N-dealkylation sites (N-methyl/N-ethyl adjacent to an activating group) is 1. The van der Waals surface area contributed by atoms with Crippen molar-refractivity contribution in [2.75, 3.05) is 13.6 Å². The smallest absolute Gasteiger partial charge is 0.0475 e. The topological polar surface area (TPSA) is 15.3 Å². The number of nitrogens with zero attached hydrogens (tertiary/aromatic N) is 1. The molecule has 1 heterocycles. The van der Waals surface area contributed by atoms with Gasteiger partial charge in [-0.3, -0.25) is 4.90 Å². The van der Waals surface area contributed by atoms with Crippen molar-refractivity contribution >= 4 is 0 Å². The maximum Gasteiger partial charge on any atom is 0.0475 e. The van der Waals surface area contributed by atoms with Crippen molar-refractivity contribution in [1.82, 2.24) is 10.2 Å². The van der Waals surface area contributed by atoms with Gasteiger partial charge in [0.2, 0.25) is 0 Å². The lowest BCUT2D eigenvalue weighted by Crippen LogP contribution is -2.44. The van der Waals surface area contributed by atoms with Gasteiger partial charge in [0.05, 0.1) is 0 Å². The molecule has 1 N–H and O–H groups in total. The lowest BCUT2D eigenvalue weighted by Gasteiger charge is -2.43. The van der Waals surface area contributed by atoms with E-state index < -0.39 is 0 Å². The average molecular weight is 272 g/mol. The summed E-state index contributed by atoms with van der Waals surface area (Å²) in [6.07, 6.45) is 5.43. The Kier molecular flexibility index (Phi) is 3.87. The summed E-state index contributed by atoms with van der Waals surface area (Å²) in [5, 5.41) is 3.59. The van der Waals surface area contributed by atoms with Crippen LogP contribution in [0.4, 0.5) is 0 Å². The number of nitrogens with one attached hydrogen (secondary N) is 1. The molecule has 2 aliphatic rings. The minimum atomic E-state index is 0.547. The van der Waals surface area contributed by atoms with Crippen LogP contribution in [0.3, 0.4) is 0 Å². The van der Waals surface area contributed by atoms with Crippen LogP contribution in [0.1, 0.15) is 56.7 Å². The van der Waals surface area contributed by atoms with Gasteiger partial charge in [-0.15, -0.1) is 0 Å². The number of hydrogen-bond acceptors (Lipinski definition) is 2. The normalized spacial score (nSPS) is 26.5. The van der Waals surface area contributed by atoms with Crippen molar-refractivity contribution < 1.29 is 0 Å². The van der Waals surface area contributed by atoms with Crippen LogP contribution in [0, 0.1) is 5.41 Å². The fourth-order valence-corrected chi connectivity index (χ4v) is 3.88. The zero-order valence-electron chi connectivity index (χ0n) is 13.2. The molecule has 1 aromatic carbocycles. The Morgan fingerprint density at radius 2 is 1.85 bits per heavy atom. The minimum Gasteiger partial charge on any atom is -0.311 e. The molecule has 1 aliphatic heterocycles. The molecule has 0 bridgehead atoms. The first kappa shape index (κ1) is 14.1. The highest BCUT2D eigenvalue weighted by Crippen LogP contribution is 2.39. The molecule has 1 atom stereocenters. The van der Waals surface area contributed by atoms with Gasteiger partial charge in [0.1, 0.15) is 0 Å². The van der Waals surface area contributed by atoms with E-state index in [1.165, 1.54) is 31.2 Å². The molecule has 0 spiro atoms. The number of benzene rings is 1. The second-order valence-corrected chi connectivity index (χ2v) is 7.41. The van der Waals surface area contributed by atoms with Crippen LogP contribution in [-0.2, 0) is 6.54 Å². The lowest BCUT2D eigenvalue weighted by molar-refractivity contribution is 0.0903. The van der Waals surface area contributed by atoms with Gasteiger partial charge in [0, 0.05) is 25.2 Å². The first-order valence-corrected chi connectivity index (χ1v) is 8.07. The molecule has 1 aromatic rings. The van der Waals surface area contributed by atoms with Gasteiger partial charge in [-0.05, 0) is 49.3 Å². The molecule has 0 saturated heterocycles. The zero-order valence-corrected chi connectivity index (χ0v) is 13.2. The molecule has 3 rings (SSSR count). The van der Waals surface area contributed by atoms with Gasteiger partial charge in [-0.25, -0.2) is 0 Å². The Labute approximate surface area is 123 Å².